The average Bonchev–Trinajstić information content (AvgIpc) is 2.69. The quantitative estimate of drug-likeness (QED) is 0.797. The molecule has 6 heteroatoms. The summed E-state index contributed by atoms with van der Waals surface area (Å²) in [4.78, 5) is 13.3. The summed E-state index contributed by atoms with van der Waals surface area (Å²) in [5.74, 6) is 0.936. The second-order valence-corrected chi connectivity index (χ2v) is 6.58. The van der Waals surface area contributed by atoms with Crippen LogP contribution in [0.5, 0.6) is 6.01 Å². The van der Waals surface area contributed by atoms with Crippen molar-refractivity contribution < 1.29 is 4.74 Å². The third-order valence-electron chi connectivity index (χ3n) is 4.79. The molecule has 0 spiro atoms. The van der Waals surface area contributed by atoms with E-state index in [4.69, 9.17) is 10.00 Å². The van der Waals surface area contributed by atoms with Gasteiger partial charge in [0.1, 0.15) is 5.82 Å². The van der Waals surface area contributed by atoms with Gasteiger partial charge in [0.2, 0.25) is 0 Å². The van der Waals surface area contributed by atoms with Crippen LogP contribution in [0.3, 0.4) is 0 Å². The van der Waals surface area contributed by atoms with Crippen LogP contribution in [-0.2, 0) is 6.54 Å². The molecule has 1 fully saturated rings. The second-order valence-electron chi connectivity index (χ2n) is 6.58. The van der Waals surface area contributed by atoms with E-state index in [2.05, 4.69) is 39.0 Å². The normalized spacial score (nSPS) is 15.1. The van der Waals surface area contributed by atoms with E-state index in [1.54, 1.807) is 6.20 Å². The fourth-order valence-electron chi connectivity index (χ4n) is 3.40. The van der Waals surface area contributed by atoms with Gasteiger partial charge in [-0.15, -0.1) is 0 Å². The minimum atomic E-state index is 0.446. The second kappa shape index (κ2) is 8.63. The third kappa shape index (κ3) is 4.50. The van der Waals surface area contributed by atoms with E-state index < -0.39 is 0 Å². The maximum atomic E-state index is 9.05. The Balaban J connectivity index is 1.56. The Morgan fingerprint density at radius 3 is 2.85 bits per heavy atom. The van der Waals surface area contributed by atoms with Crippen LogP contribution in [0.25, 0.3) is 0 Å². The molecule has 0 unspecified atom stereocenters. The van der Waals surface area contributed by atoms with Crippen LogP contribution in [0.4, 0.5) is 5.82 Å². The molecule has 2 heterocycles. The average molecular weight is 351 g/mol. The summed E-state index contributed by atoms with van der Waals surface area (Å²) in [6.07, 6.45) is 3.93. The van der Waals surface area contributed by atoms with Crippen molar-refractivity contribution in [1.82, 2.24) is 14.9 Å². The van der Waals surface area contributed by atoms with E-state index in [0.29, 0.717) is 18.7 Å². The molecule has 6 nitrogen and oxygen atoms in total. The molecule has 1 aliphatic heterocycles. The van der Waals surface area contributed by atoms with E-state index >= 15 is 0 Å². The zero-order valence-corrected chi connectivity index (χ0v) is 15.4. The Morgan fingerprint density at radius 2 is 2.12 bits per heavy atom. The highest BCUT2D eigenvalue weighted by Gasteiger charge is 2.23. The first-order valence-electron chi connectivity index (χ1n) is 9.09. The van der Waals surface area contributed by atoms with Crippen LogP contribution in [0.1, 0.15) is 30.9 Å². The summed E-state index contributed by atoms with van der Waals surface area (Å²) in [6, 6.07) is 13.0. The molecule has 1 aliphatic rings. The maximum absolute atomic E-state index is 9.05. The number of piperidine rings is 1. The van der Waals surface area contributed by atoms with E-state index in [-0.39, 0.29) is 0 Å². The van der Waals surface area contributed by atoms with Crippen molar-refractivity contribution in [2.24, 2.45) is 0 Å². The molecule has 1 saturated heterocycles. The summed E-state index contributed by atoms with van der Waals surface area (Å²) in [6.45, 7) is 5.31. The molecule has 0 amide bonds. The highest BCUT2D eigenvalue weighted by molar-refractivity contribution is 5.39. The van der Waals surface area contributed by atoms with Gasteiger partial charge in [-0.3, -0.25) is 4.90 Å². The van der Waals surface area contributed by atoms with E-state index in [1.807, 2.05) is 31.2 Å². The van der Waals surface area contributed by atoms with Crippen molar-refractivity contribution in [3.8, 4) is 12.1 Å². The van der Waals surface area contributed by atoms with Gasteiger partial charge < -0.3 is 9.64 Å². The minimum Gasteiger partial charge on any atom is -0.464 e. The lowest BCUT2D eigenvalue weighted by molar-refractivity contribution is 0.200. The van der Waals surface area contributed by atoms with Crippen molar-refractivity contribution >= 4 is 5.82 Å². The number of hydrogen-bond donors (Lipinski definition) is 0. The Hall–Kier alpha value is -2.65. The van der Waals surface area contributed by atoms with Gasteiger partial charge in [-0.05, 0) is 50.6 Å². The lowest BCUT2D eigenvalue weighted by Gasteiger charge is -2.37. The highest BCUT2D eigenvalue weighted by Crippen LogP contribution is 2.22. The van der Waals surface area contributed by atoms with Gasteiger partial charge in [-0.1, -0.05) is 12.1 Å². The molecule has 136 valence electrons. The number of nitriles is 1. The topological polar surface area (TPSA) is 65.3 Å². The lowest BCUT2D eigenvalue weighted by Crippen LogP contribution is -2.43. The van der Waals surface area contributed by atoms with E-state index in [1.165, 1.54) is 5.56 Å². The summed E-state index contributed by atoms with van der Waals surface area (Å²) in [5, 5.41) is 9.05. The summed E-state index contributed by atoms with van der Waals surface area (Å²) >= 11 is 0. The molecule has 0 aliphatic carbocycles. The highest BCUT2D eigenvalue weighted by atomic mass is 16.5. The monoisotopic (exact) mass is 351 g/mol. The number of rotatable bonds is 6. The van der Waals surface area contributed by atoms with Gasteiger partial charge in [0.15, 0.2) is 0 Å². The fraction of sp³-hybridized carbons (Fsp3) is 0.450. The van der Waals surface area contributed by atoms with Gasteiger partial charge in [0.05, 0.1) is 18.2 Å². The van der Waals surface area contributed by atoms with Crippen LogP contribution in [0.2, 0.25) is 0 Å². The number of hydrogen-bond acceptors (Lipinski definition) is 6. The molecule has 0 N–H and O–H groups in total. The number of nitrogens with zero attached hydrogens (tertiary/aromatic N) is 5. The molecule has 0 saturated carbocycles. The molecule has 3 rings (SSSR count). The summed E-state index contributed by atoms with van der Waals surface area (Å²) < 4.78 is 5.40. The first-order valence-corrected chi connectivity index (χ1v) is 9.09. The minimum absolute atomic E-state index is 0.446. The van der Waals surface area contributed by atoms with Crippen molar-refractivity contribution in [3.63, 3.8) is 0 Å². The van der Waals surface area contributed by atoms with Crippen molar-refractivity contribution in [2.45, 2.75) is 32.4 Å². The zero-order chi connectivity index (χ0) is 18.4. The predicted molar refractivity (Wildman–Crippen MR) is 101 cm³/mol. The molecule has 26 heavy (non-hydrogen) atoms. The number of ether oxygens (including phenoxy) is 1. The third-order valence-corrected chi connectivity index (χ3v) is 4.79. The van der Waals surface area contributed by atoms with Gasteiger partial charge >= 0.3 is 6.01 Å². The Bertz CT molecular complexity index is 765. The van der Waals surface area contributed by atoms with Crippen LogP contribution in [-0.4, -0.2) is 47.7 Å². The largest absolute Gasteiger partial charge is 0.464 e. The smallest absolute Gasteiger partial charge is 0.318 e. The first kappa shape index (κ1) is 18.2. The standard InChI is InChI=1S/C20H25N5O/c1-3-26-20-22-10-7-19(23-20)25-11-8-18(9-12-25)24(2)15-17-6-4-5-16(13-17)14-21/h4-7,10,13,18H,3,8-9,11-12,15H2,1-2H3. The molecule has 0 atom stereocenters. The van der Waals surface area contributed by atoms with Crippen LogP contribution in [0.15, 0.2) is 36.5 Å². The SMILES string of the molecule is CCOc1nccc(N2CCC(N(C)Cc3cccc(C#N)c3)CC2)n1. The summed E-state index contributed by atoms with van der Waals surface area (Å²) in [7, 11) is 2.16. The number of benzene rings is 1. The molecular formula is C20H25N5O. The van der Waals surface area contributed by atoms with Crippen LogP contribution >= 0.6 is 0 Å². The van der Waals surface area contributed by atoms with Crippen molar-refractivity contribution in [3.05, 3.63) is 47.7 Å². The lowest BCUT2D eigenvalue weighted by atomic mass is 10.0. The molecule has 2 aromatic rings. The number of aromatic nitrogens is 2. The molecule has 1 aromatic carbocycles. The van der Waals surface area contributed by atoms with Gasteiger partial charge in [0.25, 0.3) is 0 Å². The Kier molecular flexibility index (Phi) is 6.03. The molecule has 1 aromatic heterocycles. The molecular weight excluding hydrogens is 326 g/mol. The van der Waals surface area contributed by atoms with E-state index in [9.17, 15) is 0 Å². The maximum Gasteiger partial charge on any atom is 0.318 e. The predicted octanol–water partition coefficient (Wildman–Crippen LogP) is 2.85. The van der Waals surface area contributed by atoms with Crippen molar-refractivity contribution in [1.29, 1.82) is 5.26 Å². The first-order chi connectivity index (χ1) is 12.7. The molecule has 0 bridgehead atoms. The van der Waals surface area contributed by atoms with Crippen LogP contribution in [0, 0.1) is 11.3 Å². The van der Waals surface area contributed by atoms with Gasteiger partial charge in [-0.2, -0.15) is 10.2 Å². The van der Waals surface area contributed by atoms with Crippen LogP contribution < -0.4 is 9.64 Å². The van der Waals surface area contributed by atoms with E-state index in [0.717, 1.165) is 43.9 Å². The fourth-order valence-corrected chi connectivity index (χ4v) is 3.40. The van der Waals surface area contributed by atoms with Gasteiger partial charge in [-0.25, -0.2) is 4.98 Å². The number of anilines is 1. The Labute approximate surface area is 155 Å². The Morgan fingerprint density at radius 1 is 1.31 bits per heavy atom. The summed E-state index contributed by atoms with van der Waals surface area (Å²) in [5.41, 5.74) is 1.91. The van der Waals surface area contributed by atoms with Gasteiger partial charge in [0, 0.05) is 31.9 Å². The van der Waals surface area contributed by atoms with Crippen molar-refractivity contribution in [2.75, 3.05) is 31.6 Å². The molecule has 0 radical (unpaired) electrons. The zero-order valence-electron chi connectivity index (χ0n) is 15.4.